The van der Waals surface area contributed by atoms with Crippen LogP contribution in [0.5, 0.6) is 0 Å². The van der Waals surface area contributed by atoms with Crippen LogP contribution in [-0.2, 0) is 11.3 Å². The van der Waals surface area contributed by atoms with Crippen LogP contribution in [0.15, 0.2) is 24.3 Å². The Hall–Kier alpha value is -0.810. The van der Waals surface area contributed by atoms with Crippen molar-refractivity contribution >= 4 is 18.1 Å². The molecule has 5 heteroatoms. The number of hydrogen-bond donors (Lipinski definition) is 1. The lowest BCUT2D eigenvalue weighted by Crippen LogP contribution is -2.37. The smallest absolute Gasteiger partial charge is 0.0594 e. The molecule has 0 unspecified atom stereocenters. The summed E-state index contributed by atoms with van der Waals surface area (Å²) in [6, 6.07) is 8.74. The molecule has 120 valence electrons. The standard InChI is InChI=1S/C16H27N3O.ClH/c1-18(2)16-6-4-15(5-7-16)14-17-8-3-9-19-10-12-20-13-11-19;/h4-7,17H,3,8-14H2,1-2H3;1H. The van der Waals surface area contributed by atoms with Crippen molar-refractivity contribution in [1.82, 2.24) is 10.2 Å². The third kappa shape index (κ3) is 6.66. The van der Waals surface area contributed by atoms with Gasteiger partial charge in [0.05, 0.1) is 13.2 Å². The molecule has 1 N–H and O–H groups in total. The molecule has 0 atom stereocenters. The number of nitrogens with zero attached hydrogens (tertiary/aromatic N) is 2. The van der Waals surface area contributed by atoms with Crippen LogP contribution in [-0.4, -0.2) is 58.4 Å². The van der Waals surface area contributed by atoms with Crippen molar-refractivity contribution in [2.24, 2.45) is 0 Å². The van der Waals surface area contributed by atoms with E-state index in [4.69, 9.17) is 4.74 Å². The summed E-state index contributed by atoms with van der Waals surface area (Å²) in [6.07, 6.45) is 1.20. The SMILES string of the molecule is CN(C)c1ccc(CNCCCN2CCOCC2)cc1.Cl. The minimum atomic E-state index is 0. The molecule has 1 fully saturated rings. The van der Waals surface area contributed by atoms with E-state index in [9.17, 15) is 0 Å². The molecule has 0 aromatic heterocycles. The van der Waals surface area contributed by atoms with Crippen LogP contribution >= 0.6 is 12.4 Å². The molecule has 1 aromatic carbocycles. The van der Waals surface area contributed by atoms with E-state index in [1.54, 1.807) is 0 Å². The summed E-state index contributed by atoms with van der Waals surface area (Å²) in [5, 5.41) is 3.52. The highest BCUT2D eigenvalue weighted by molar-refractivity contribution is 5.85. The monoisotopic (exact) mass is 313 g/mol. The minimum absolute atomic E-state index is 0. The van der Waals surface area contributed by atoms with Crippen LogP contribution in [0.4, 0.5) is 5.69 Å². The molecule has 0 saturated carbocycles. The maximum Gasteiger partial charge on any atom is 0.0594 e. The van der Waals surface area contributed by atoms with Gasteiger partial charge in [0.2, 0.25) is 0 Å². The Morgan fingerprint density at radius 2 is 1.81 bits per heavy atom. The van der Waals surface area contributed by atoms with E-state index in [-0.39, 0.29) is 12.4 Å². The quantitative estimate of drug-likeness (QED) is 0.779. The molecule has 2 rings (SSSR count). The second kappa shape index (κ2) is 10.0. The fourth-order valence-electron chi connectivity index (χ4n) is 2.40. The molecule has 1 aliphatic rings. The predicted molar refractivity (Wildman–Crippen MR) is 91.6 cm³/mol. The summed E-state index contributed by atoms with van der Waals surface area (Å²) in [4.78, 5) is 4.61. The van der Waals surface area contributed by atoms with Gasteiger partial charge in [-0.05, 0) is 37.2 Å². The van der Waals surface area contributed by atoms with Crippen LogP contribution in [0.2, 0.25) is 0 Å². The van der Waals surface area contributed by atoms with Gasteiger partial charge >= 0.3 is 0 Å². The summed E-state index contributed by atoms with van der Waals surface area (Å²) in [7, 11) is 4.14. The van der Waals surface area contributed by atoms with E-state index in [1.165, 1.54) is 24.2 Å². The van der Waals surface area contributed by atoms with Crippen LogP contribution in [0, 0.1) is 0 Å². The fraction of sp³-hybridized carbons (Fsp3) is 0.625. The van der Waals surface area contributed by atoms with Crippen LogP contribution in [0.1, 0.15) is 12.0 Å². The molecule has 0 aliphatic carbocycles. The number of anilines is 1. The normalized spacial score (nSPS) is 15.5. The van der Waals surface area contributed by atoms with Gasteiger partial charge in [-0.2, -0.15) is 0 Å². The van der Waals surface area contributed by atoms with Crippen molar-refractivity contribution in [1.29, 1.82) is 0 Å². The first-order valence-corrected chi connectivity index (χ1v) is 7.53. The van der Waals surface area contributed by atoms with Gasteiger partial charge in [-0.3, -0.25) is 4.90 Å². The second-order valence-electron chi connectivity index (χ2n) is 5.55. The highest BCUT2D eigenvalue weighted by Gasteiger charge is 2.08. The van der Waals surface area contributed by atoms with Gasteiger partial charge < -0.3 is 15.0 Å². The third-order valence-corrected chi connectivity index (χ3v) is 3.71. The number of ether oxygens (including phenoxy) is 1. The lowest BCUT2D eigenvalue weighted by atomic mass is 10.2. The number of halogens is 1. The summed E-state index contributed by atoms with van der Waals surface area (Å²) in [6.45, 7) is 7.18. The van der Waals surface area contributed by atoms with E-state index in [1.807, 2.05) is 0 Å². The summed E-state index contributed by atoms with van der Waals surface area (Å²) < 4.78 is 5.35. The molecule has 0 spiro atoms. The van der Waals surface area contributed by atoms with Gasteiger partial charge in [0.1, 0.15) is 0 Å². The predicted octanol–water partition coefficient (Wildman–Crippen LogP) is 1.99. The number of hydrogen-bond acceptors (Lipinski definition) is 4. The Bertz CT molecular complexity index is 378. The van der Waals surface area contributed by atoms with Crippen molar-refractivity contribution in [2.45, 2.75) is 13.0 Å². The minimum Gasteiger partial charge on any atom is -0.379 e. The lowest BCUT2D eigenvalue weighted by Gasteiger charge is -2.26. The molecular weight excluding hydrogens is 286 g/mol. The van der Waals surface area contributed by atoms with Crippen LogP contribution in [0.3, 0.4) is 0 Å². The molecule has 1 aromatic rings. The van der Waals surface area contributed by atoms with E-state index < -0.39 is 0 Å². The molecular formula is C16H28ClN3O. The molecule has 0 amide bonds. The van der Waals surface area contributed by atoms with Crippen molar-refractivity contribution in [2.75, 3.05) is 58.4 Å². The Kier molecular flexibility index (Phi) is 8.69. The van der Waals surface area contributed by atoms with Crippen LogP contribution in [0.25, 0.3) is 0 Å². The molecule has 21 heavy (non-hydrogen) atoms. The van der Waals surface area contributed by atoms with Crippen LogP contribution < -0.4 is 10.2 Å². The lowest BCUT2D eigenvalue weighted by molar-refractivity contribution is 0.0374. The van der Waals surface area contributed by atoms with Gasteiger partial charge in [-0.1, -0.05) is 12.1 Å². The Labute approximate surface area is 134 Å². The molecule has 4 nitrogen and oxygen atoms in total. The van der Waals surface area contributed by atoms with E-state index in [0.717, 1.165) is 39.4 Å². The Balaban J connectivity index is 0.00000220. The zero-order valence-electron chi connectivity index (χ0n) is 13.2. The topological polar surface area (TPSA) is 27.7 Å². The average molecular weight is 314 g/mol. The van der Waals surface area contributed by atoms with E-state index in [0.29, 0.717) is 0 Å². The molecule has 0 radical (unpaired) electrons. The zero-order chi connectivity index (χ0) is 14.2. The van der Waals surface area contributed by atoms with Gasteiger partial charge in [-0.15, -0.1) is 12.4 Å². The van der Waals surface area contributed by atoms with E-state index >= 15 is 0 Å². The van der Waals surface area contributed by atoms with Crippen molar-refractivity contribution in [3.8, 4) is 0 Å². The van der Waals surface area contributed by atoms with Crippen molar-refractivity contribution < 1.29 is 4.74 Å². The molecule has 0 bridgehead atoms. The highest BCUT2D eigenvalue weighted by atomic mass is 35.5. The van der Waals surface area contributed by atoms with Gasteiger partial charge in [0.25, 0.3) is 0 Å². The molecule has 1 saturated heterocycles. The number of benzene rings is 1. The first-order chi connectivity index (χ1) is 9.75. The number of rotatable bonds is 7. The van der Waals surface area contributed by atoms with Gasteiger partial charge in [0, 0.05) is 39.4 Å². The largest absolute Gasteiger partial charge is 0.379 e. The Morgan fingerprint density at radius 3 is 2.43 bits per heavy atom. The Morgan fingerprint density at radius 1 is 1.14 bits per heavy atom. The summed E-state index contributed by atoms with van der Waals surface area (Å²) >= 11 is 0. The molecule has 1 aliphatic heterocycles. The first-order valence-electron chi connectivity index (χ1n) is 7.53. The number of morpholine rings is 1. The first kappa shape index (κ1) is 18.2. The van der Waals surface area contributed by atoms with Gasteiger partial charge in [0.15, 0.2) is 0 Å². The fourth-order valence-corrected chi connectivity index (χ4v) is 2.40. The van der Waals surface area contributed by atoms with Crippen molar-refractivity contribution in [3.05, 3.63) is 29.8 Å². The maximum atomic E-state index is 5.35. The summed E-state index contributed by atoms with van der Waals surface area (Å²) in [5.74, 6) is 0. The third-order valence-electron chi connectivity index (χ3n) is 3.71. The van der Waals surface area contributed by atoms with E-state index in [2.05, 4.69) is 53.5 Å². The zero-order valence-corrected chi connectivity index (χ0v) is 14.0. The van der Waals surface area contributed by atoms with Crippen molar-refractivity contribution in [3.63, 3.8) is 0 Å². The molecule has 1 heterocycles. The number of nitrogens with one attached hydrogen (secondary N) is 1. The summed E-state index contributed by atoms with van der Waals surface area (Å²) in [5.41, 5.74) is 2.60. The van der Waals surface area contributed by atoms with Gasteiger partial charge in [-0.25, -0.2) is 0 Å². The average Bonchev–Trinajstić information content (AvgIpc) is 2.48. The maximum absolute atomic E-state index is 5.35. The second-order valence-corrected chi connectivity index (χ2v) is 5.55. The highest BCUT2D eigenvalue weighted by Crippen LogP contribution is 2.11.